The third-order valence-electron chi connectivity index (χ3n) is 3.81. The molecule has 0 amide bonds. The van der Waals surface area contributed by atoms with E-state index in [9.17, 15) is 4.79 Å². The molecule has 3 nitrogen and oxygen atoms in total. The zero-order chi connectivity index (χ0) is 15.2. The molecule has 2 atom stereocenters. The Labute approximate surface area is 122 Å². The van der Waals surface area contributed by atoms with Gasteiger partial charge in [0.15, 0.2) is 0 Å². The number of carbonyl (C=O) groups excluding carboxylic acids is 1. The number of rotatable bonds is 7. The molecule has 0 saturated carbocycles. The van der Waals surface area contributed by atoms with Crippen LogP contribution in [0.25, 0.3) is 0 Å². The quantitative estimate of drug-likeness (QED) is 0.776. The summed E-state index contributed by atoms with van der Waals surface area (Å²) in [5.74, 6) is -0.249. The maximum atomic E-state index is 12.2. The Balaban J connectivity index is 3.06. The summed E-state index contributed by atoms with van der Waals surface area (Å²) in [6.07, 6.45) is 3.15. The van der Waals surface area contributed by atoms with Crippen molar-refractivity contribution in [3.8, 4) is 0 Å². The van der Waals surface area contributed by atoms with Crippen LogP contribution in [0.1, 0.15) is 51.7 Å². The lowest BCUT2D eigenvalue weighted by molar-refractivity contribution is -0.148. The number of aryl methyl sites for hydroxylation is 1. The monoisotopic (exact) mass is 277 g/mol. The zero-order valence-electron chi connectivity index (χ0n) is 13.3. The highest BCUT2D eigenvalue weighted by atomic mass is 16.5. The first-order chi connectivity index (χ1) is 9.47. The first kappa shape index (κ1) is 16.7. The number of ether oxygens (including phenoxy) is 1. The van der Waals surface area contributed by atoms with Gasteiger partial charge in [-0.1, -0.05) is 44.5 Å². The summed E-state index contributed by atoms with van der Waals surface area (Å²) in [5.41, 5.74) is 1.45. The van der Waals surface area contributed by atoms with Crippen LogP contribution in [0, 0.1) is 0 Å². The molecule has 1 N–H and O–H groups in total. The lowest BCUT2D eigenvalue weighted by Gasteiger charge is -2.31. The van der Waals surface area contributed by atoms with Crippen LogP contribution in [0.5, 0.6) is 0 Å². The number of esters is 1. The minimum absolute atomic E-state index is 0.245. The first-order valence-electron chi connectivity index (χ1n) is 7.43. The van der Waals surface area contributed by atoms with Gasteiger partial charge in [-0.15, -0.1) is 0 Å². The van der Waals surface area contributed by atoms with Crippen LogP contribution in [-0.2, 0) is 21.5 Å². The molecule has 0 fully saturated rings. The molecule has 0 bridgehead atoms. The average Bonchev–Trinajstić information content (AvgIpc) is 2.47. The van der Waals surface area contributed by atoms with Crippen molar-refractivity contribution in [1.29, 1.82) is 0 Å². The summed E-state index contributed by atoms with van der Waals surface area (Å²) >= 11 is 0. The molecule has 2 unspecified atom stereocenters. The van der Waals surface area contributed by atoms with Gasteiger partial charge < -0.3 is 4.74 Å². The molecule has 112 valence electrons. The lowest BCUT2D eigenvalue weighted by Crippen LogP contribution is -2.50. The Hall–Kier alpha value is -1.35. The third kappa shape index (κ3) is 3.83. The van der Waals surface area contributed by atoms with Gasteiger partial charge in [-0.05, 0) is 37.8 Å². The van der Waals surface area contributed by atoms with E-state index in [4.69, 9.17) is 4.74 Å². The van der Waals surface area contributed by atoms with Gasteiger partial charge in [0.25, 0.3) is 0 Å². The van der Waals surface area contributed by atoms with Gasteiger partial charge in [0.1, 0.15) is 5.54 Å². The van der Waals surface area contributed by atoms with Gasteiger partial charge in [-0.3, -0.25) is 5.32 Å². The standard InChI is InChI=1S/C17H27NO2/c1-6-8-14-9-11-15(12-10-14)17(4,16(19)20-5)18-13(3)7-2/h9-13,18H,6-8H2,1-5H3. The lowest BCUT2D eigenvalue weighted by atomic mass is 9.89. The fourth-order valence-electron chi connectivity index (χ4n) is 2.35. The maximum Gasteiger partial charge on any atom is 0.330 e. The van der Waals surface area contributed by atoms with E-state index >= 15 is 0 Å². The average molecular weight is 277 g/mol. The third-order valence-corrected chi connectivity index (χ3v) is 3.81. The van der Waals surface area contributed by atoms with E-state index in [2.05, 4.69) is 38.2 Å². The van der Waals surface area contributed by atoms with Crippen molar-refractivity contribution in [2.75, 3.05) is 7.11 Å². The predicted octanol–water partition coefficient (Wildman–Crippen LogP) is 3.42. The predicted molar refractivity (Wildman–Crippen MR) is 82.7 cm³/mol. The number of hydrogen-bond donors (Lipinski definition) is 1. The fraction of sp³-hybridized carbons (Fsp3) is 0.588. The maximum absolute atomic E-state index is 12.2. The molecule has 0 aromatic heterocycles. The minimum Gasteiger partial charge on any atom is -0.467 e. The second-order valence-corrected chi connectivity index (χ2v) is 5.52. The molecular weight excluding hydrogens is 250 g/mol. The normalized spacial score (nSPS) is 15.4. The van der Waals surface area contributed by atoms with Gasteiger partial charge in [-0.2, -0.15) is 0 Å². The highest BCUT2D eigenvalue weighted by Crippen LogP contribution is 2.24. The topological polar surface area (TPSA) is 38.3 Å². The van der Waals surface area contributed by atoms with Crippen molar-refractivity contribution >= 4 is 5.97 Å². The summed E-state index contributed by atoms with van der Waals surface area (Å²) in [4.78, 5) is 12.2. The van der Waals surface area contributed by atoms with Crippen molar-refractivity contribution in [1.82, 2.24) is 5.32 Å². The molecule has 0 radical (unpaired) electrons. The molecule has 0 aliphatic carbocycles. The Morgan fingerprint density at radius 3 is 2.35 bits per heavy atom. The van der Waals surface area contributed by atoms with Crippen LogP contribution < -0.4 is 5.32 Å². The molecule has 0 spiro atoms. The van der Waals surface area contributed by atoms with E-state index in [1.807, 2.05) is 19.1 Å². The van der Waals surface area contributed by atoms with Crippen LogP contribution in [0.3, 0.4) is 0 Å². The largest absolute Gasteiger partial charge is 0.467 e. The highest BCUT2D eigenvalue weighted by molar-refractivity contribution is 5.82. The van der Waals surface area contributed by atoms with E-state index in [0.29, 0.717) is 0 Å². The Morgan fingerprint density at radius 1 is 1.30 bits per heavy atom. The second kappa shape index (κ2) is 7.44. The zero-order valence-corrected chi connectivity index (χ0v) is 13.3. The van der Waals surface area contributed by atoms with Crippen molar-refractivity contribution in [3.63, 3.8) is 0 Å². The van der Waals surface area contributed by atoms with E-state index < -0.39 is 5.54 Å². The SMILES string of the molecule is CCCc1ccc(C(C)(NC(C)CC)C(=O)OC)cc1. The number of carbonyl (C=O) groups is 1. The van der Waals surface area contributed by atoms with Crippen molar-refractivity contribution in [3.05, 3.63) is 35.4 Å². The molecule has 1 aromatic rings. The Bertz CT molecular complexity index is 427. The van der Waals surface area contributed by atoms with Crippen LogP contribution >= 0.6 is 0 Å². The van der Waals surface area contributed by atoms with Crippen molar-refractivity contribution in [2.24, 2.45) is 0 Å². The van der Waals surface area contributed by atoms with Gasteiger partial charge in [0.05, 0.1) is 7.11 Å². The molecule has 0 aliphatic rings. The van der Waals surface area contributed by atoms with E-state index in [0.717, 1.165) is 24.8 Å². The number of nitrogens with one attached hydrogen (secondary N) is 1. The molecule has 1 rings (SSSR count). The smallest absolute Gasteiger partial charge is 0.330 e. The van der Waals surface area contributed by atoms with Crippen molar-refractivity contribution in [2.45, 2.75) is 58.5 Å². The summed E-state index contributed by atoms with van der Waals surface area (Å²) in [7, 11) is 1.43. The molecule has 20 heavy (non-hydrogen) atoms. The Morgan fingerprint density at radius 2 is 1.90 bits per heavy atom. The van der Waals surface area contributed by atoms with E-state index in [1.54, 1.807) is 0 Å². The van der Waals surface area contributed by atoms with E-state index in [-0.39, 0.29) is 12.0 Å². The van der Waals surface area contributed by atoms with Crippen LogP contribution in [0.4, 0.5) is 0 Å². The van der Waals surface area contributed by atoms with Gasteiger partial charge in [0, 0.05) is 6.04 Å². The van der Waals surface area contributed by atoms with Crippen molar-refractivity contribution < 1.29 is 9.53 Å². The second-order valence-electron chi connectivity index (χ2n) is 5.52. The number of methoxy groups -OCH3 is 1. The summed E-state index contributed by atoms with van der Waals surface area (Å²) in [6, 6.07) is 8.49. The molecular formula is C17H27NO2. The number of benzene rings is 1. The number of hydrogen-bond acceptors (Lipinski definition) is 3. The van der Waals surface area contributed by atoms with Crippen LogP contribution in [-0.4, -0.2) is 19.1 Å². The summed E-state index contributed by atoms with van der Waals surface area (Å²) < 4.78 is 4.99. The molecule has 0 saturated heterocycles. The molecule has 1 aromatic carbocycles. The Kier molecular flexibility index (Phi) is 6.21. The van der Waals surface area contributed by atoms with Gasteiger partial charge in [-0.25, -0.2) is 4.79 Å². The van der Waals surface area contributed by atoms with Crippen LogP contribution in [0.15, 0.2) is 24.3 Å². The highest BCUT2D eigenvalue weighted by Gasteiger charge is 2.37. The first-order valence-corrected chi connectivity index (χ1v) is 7.43. The summed E-state index contributed by atoms with van der Waals surface area (Å²) in [6.45, 7) is 8.23. The molecule has 3 heteroatoms. The summed E-state index contributed by atoms with van der Waals surface area (Å²) in [5, 5.41) is 3.39. The van der Waals surface area contributed by atoms with Gasteiger partial charge in [0.2, 0.25) is 0 Å². The minimum atomic E-state index is -0.797. The van der Waals surface area contributed by atoms with E-state index in [1.165, 1.54) is 12.7 Å². The van der Waals surface area contributed by atoms with Crippen LogP contribution in [0.2, 0.25) is 0 Å². The van der Waals surface area contributed by atoms with Gasteiger partial charge >= 0.3 is 5.97 Å². The molecule has 0 aliphatic heterocycles. The molecule has 0 heterocycles. The fourth-order valence-corrected chi connectivity index (χ4v) is 2.35.